The molecule has 0 radical (unpaired) electrons. The maximum Gasteiger partial charge on any atom is 0.416 e. The molecule has 2 aromatic carbocycles. The molecule has 1 N–H and O–H groups in total. The van der Waals surface area contributed by atoms with Crippen molar-refractivity contribution in [3.05, 3.63) is 52.5 Å². The lowest BCUT2D eigenvalue weighted by Crippen LogP contribution is -2.65. The van der Waals surface area contributed by atoms with Crippen LogP contribution in [0.3, 0.4) is 0 Å². The number of fused-ring (bicyclic) bond motifs is 1. The fourth-order valence-electron chi connectivity index (χ4n) is 4.38. The average Bonchev–Trinajstić information content (AvgIpc) is 3.57. The number of hydrogen-bond acceptors (Lipinski definition) is 4. The van der Waals surface area contributed by atoms with E-state index < -0.39 is 32.3 Å². The summed E-state index contributed by atoms with van der Waals surface area (Å²) in [7, 11) is -4.32. The van der Waals surface area contributed by atoms with E-state index in [0.717, 1.165) is 35.3 Å². The van der Waals surface area contributed by atoms with Crippen molar-refractivity contribution in [2.45, 2.75) is 48.4 Å². The van der Waals surface area contributed by atoms with Gasteiger partial charge in [-0.3, -0.25) is 9.10 Å². The highest BCUT2D eigenvalue weighted by atomic mass is 79.9. The number of halogens is 4. The summed E-state index contributed by atoms with van der Waals surface area (Å²) in [5, 5.41) is 2.97. The number of carbonyl (C=O) groups excluding carboxylic acids is 1. The van der Waals surface area contributed by atoms with Gasteiger partial charge < -0.3 is 10.1 Å². The Kier molecular flexibility index (Phi) is 5.20. The fraction of sp³-hybridized carbons (Fsp3) is 0.409. The van der Waals surface area contributed by atoms with Crippen molar-refractivity contribution in [3.63, 3.8) is 0 Å². The van der Waals surface area contributed by atoms with Crippen molar-refractivity contribution >= 4 is 37.5 Å². The van der Waals surface area contributed by atoms with E-state index in [1.165, 1.54) is 0 Å². The molecular weight excluding hydrogens is 525 g/mol. The lowest BCUT2D eigenvalue weighted by atomic mass is 9.74. The van der Waals surface area contributed by atoms with E-state index in [1.807, 2.05) is 0 Å². The molecule has 1 heterocycles. The summed E-state index contributed by atoms with van der Waals surface area (Å²) in [5.41, 5.74) is -1.65. The van der Waals surface area contributed by atoms with Gasteiger partial charge in [-0.25, -0.2) is 8.42 Å². The Balaban J connectivity index is 1.47. The lowest BCUT2D eigenvalue weighted by molar-refractivity contribution is -0.137. The number of benzene rings is 2. The molecule has 0 atom stereocenters. The van der Waals surface area contributed by atoms with Crippen LogP contribution in [0.15, 0.2) is 51.8 Å². The summed E-state index contributed by atoms with van der Waals surface area (Å²) < 4.78 is 74.6. The van der Waals surface area contributed by atoms with Gasteiger partial charge in [-0.1, -0.05) is 22.0 Å². The Morgan fingerprint density at radius 3 is 2.55 bits per heavy atom. The van der Waals surface area contributed by atoms with Crippen LogP contribution in [0.5, 0.6) is 5.75 Å². The minimum absolute atomic E-state index is 0.00318. The molecule has 1 spiro atoms. The van der Waals surface area contributed by atoms with Gasteiger partial charge in [-0.2, -0.15) is 13.2 Å². The Labute approximate surface area is 197 Å². The quantitative estimate of drug-likeness (QED) is 0.615. The van der Waals surface area contributed by atoms with E-state index in [0.29, 0.717) is 29.1 Å². The molecule has 0 aromatic heterocycles. The predicted molar refractivity (Wildman–Crippen MR) is 117 cm³/mol. The normalized spacial score (nSPS) is 24.6. The highest BCUT2D eigenvalue weighted by Crippen LogP contribution is 2.48. The van der Waals surface area contributed by atoms with Gasteiger partial charge in [0, 0.05) is 29.3 Å². The molecule has 6 nitrogen and oxygen atoms in total. The number of alkyl halides is 3. The molecule has 2 fully saturated rings. The number of hydrogen-bond donors (Lipinski definition) is 1. The monoisotopic (exact) mass is 544 g/mol. The van der Waals surface area contributed by atoms with Gasteiger partial charge >= 0.3 is 6.18 Å². The first-order chi connectivity index (χ1) is 15.5. The van der Waals surface area contributed by atoms with Crippen molar-refractivity contribution < 1.29 is 31.1 Å². The number of ether oxygens (including phenoxy) is 1. The molecule has 176 valence electrons. The average molecular weight is 545 g/mol. The molecule has 0 saturated heterocycles. The van der Waals surface area contributed by atoms with Gasteiger partial charge in [0.1, 0.15) is 11.4 Å². The van der Waals surface area contributed by atoms with E-state index >= 15 is 0 Å². The summed E-state index contributed by atoms with van der Waals surface area (Å²) in [4.78, 5) is 11.6. The van der Waals surface area contributed by atoms with E-state index in [4.69, 9.17) is 4.74 Å². The van der Waals surface area contributed by atoms with Crippen LogP contribution in [0.25, 0.3) is 0 Å². The van der Waals surface area contributed by atoms with Crippen LogP contribution in [0.2, 0.25) is 0 Å². The van der Waals surface area contributed by atoms with Crippen LogP contribution in [0.1, 0.15) is 31.2 Å². The summed E-state index contributed by atoms with van der Waals surface area (Å²) in [5.74, 6) is 0.389. The van der Waals surface area contributed by atoms with Gasteiger partial charge in [-0.15, -0.1) is 0 Å². The molecule has 0 bridgehead atoms. The number of nitrogens with zero attached hydrogens (tertiary/aromatic N) is 1. The lowest BCUT2D eigenvalue weighted by Gasteiger charge is -2.52. The molecule has 33 heavy (non-hydrogen) atoms. The Bertz CT molecular complexity index is 1220. The topological polar surface area (TPSA) is 75.7 Å². The number of nitrogens with one attached hydrogen (secondary N) is 1. The van der Waals surface area contributed by atoms with Crippen LogP contribution >= 0.6 is 15.9 Å². The number of rotatable bonds is 4. The third kappa shape index (κ3) is 4.21. The van der Waals surface area contributed by atoms with Gasteiger partial charge in [0.15, 0.2) is 0 Å². The fourth-order valence-corrected chi connectivity index (χ4v) is 6.31. The van der Waals surface area contributed by atoms with Crippen LogP contribution in [-0.4, -0.2) is 32.5 Å². The summed E-state index contributed by atoms with van der Waals surface area (Å²) in [6, 6.07) is 8.50. The zero-order valence-corrected chi connectivity index (χ0v) is 19.6. The van der Waals surface area contributed by atoms with Crippen molar-refractivity contribution in [1.82, 2.24) is 5.32 Å². The Hall–Kier alpha value is -2.27. The molecule has 2 aromatic rings. The first-order valence-corrected chi connectivity index (χ1v) is 12.7. The third-order valence-electron chi connectivity index (χ3n) is 6.23. The number of anilines is 1. The predicted octanol–water partition coefficient (Wildman–Crippen LogP) is 4.48. The molecular formula is C22H20BrF3N2O4S. The van der Waals surface area contributed by atoms with Crippen molar-refractivity contribution in [2.24, 2.45) is 5.92 Å². The Morgan fingerprint density at radius 1 is 1.15 bits per heavy atom. The SMILES string of the molecule is O=C(NC1CC2(C1)CN(S(=O)(=O)c1cccc(C(F)(F)F)c1)c1cc(Br)ccc1O2)C1CC1. The summed E-state index contributed by atoms with van der Waals surface area (Å²) >= 11 is 3.32. The minimum atomic E-state index is -4.67. The first kappa shape index (κ1) is 22.5. The zero-order valence-electron chi connectivity index (χ0n) is 17.2. The molecule has 1 aliphatic heterocycles. The maximum atomic E-state index is 13.5. The molecule has 1 amide bonds. The first-order valence-electron chi connectivity index (χ1n) is 10.5. The molecule has 3 aliphatic rings. The highest BCUT2D eigenvalue weighted by Gasteiger charge is 2.53. The number of sulfonamides is 1. The van der Waals surface area contributed by atoms with Crippen molar-refractivity contribution in [3.8, 4) is 5.75 Å². The van der Waals surface area contributed by atoms with E-state index in [2.05, 4.69) is 21.2 Å². The smallest absolute Gasteiger partial charge is 0.416 e. The van der Waals surface area contributed by atoms with Gasteiger partial charge in [0.25, 0.3) is 10.0 Å². The van der Waals surface area contributed by atoms with Crippen LogP contribution in [0.4, 0.5) is 18.9 Å². The van der Waals surface area contributed by atoms with Crippen molar-refractivity contribution in [1.29, 1.82) is 0 Å². The summed E-state index contributed by atoms with van der Waals surface area (Å²) in [6.07, 6.45) is -2.08. The zero-order chi connectivity index (χ0) is 23.6. The van der Waals surface area contributed by atoms with Gasteiger partial charge in [0.05, 0.1) is 22.7 Å². The van der Waals surface area contributed by atoms with Gasteiger partial charge in [0.2, 0.25) is 5.91 Å². The van der Waals surface area contributed by atoms with Crippen LogP contribution in [0, 0.1) is 5.92 Å². The molecule has 0 unspecified atom stereocenters. The second kappa shape index (κ2) is 7.63. The van der Waals surface area contributed by atoms with Crippen LogP contribution in [-0.2, 0) is 21.0 Å². The number of carbonyl (C=O) groups is 1. The van der Waals surface area contributed by atoms with E-state index in [1.54, 1.807) is 18.2 Å². The standard InChI is InChI=1S/C22H20BrF3N2O4S/c23-15-6-7-19-18(9-15)28(33(30,31)17-3-1-2-14(8-17)22(24,25)26)12-21(32-19)10-16(11-21)27-20(29)13-4-5-13/h1-3,6-9,13,16H,4-5,10-12H2,(H,27,29). The second-order valence-corrected chi connectivity index (χ2v) is 11.6. The van der Waals surface area contributed by atoms with E-state index in [9.17, 15) is 26.4 Å². The summed E-state index contributed by atoms with van der Waals surface area (Å²) in [6.45, 7) is -0.0647. The maximum absolute atomic E-state index is 13.5. The van der Waals surface area contributed by atoms with Crippen molar-refractivity contribution in [2.75, 3.05) is 10.8 Å². The highest BCUT2D eigenvalue weighted by molar-refractivity contribution is 9.10. The van der Waals surface area contributed by atoms with Gasteiger partial charge in [-0.05, 0) is 49.2 Å². The van der Waals surface area contributed by atoms with Crippen LogP contribution < -0.4 is 14.4 Å². The molecule has 2 aliphatic carbocycles. The Morgan fingerprint density at radius 2 is 1.88 bits per heavy atom. The third-order valence-corrected chi connectivity index (χ3v) is 8.48. The minimum Gasteiger partial charge on any atom is -0.483 e. The van der Waals surface area contributed by atoms with E-state index in [-0.39, 0.29) is 30.1 Å². The molecule has 2 saturated carbocycles. The molecule has 5 rings (SSSR count). The largest absolute Gasteiger partial charge is 0.483 e. The molecule has 11 heteroatoms. The second-order valence-electron chi connectivity index (χ2n) is 8.82. The number of amides is 1.